The van der Waals surface area contributed by atoms with E-state index in [1.165, 1.54) is 19.3 Å². The quantitative estimate of drug-likeness (QED) is 0.198. The summed E-state index contributed by atoms with van der Waals surface area (Å²) in [4.78, 5) is 0. The van der Waals surface area contributed by atoms with Gasteiger partial charge in [-0.1, -0.05) is 75.0 Å². The Bertz CT molecular complexity index is 1020. The molecule has 8 aliphatic rings. The maximum atomic E-state index is 6.78. The van der Waals surface area contributed by atoms with Crippen molar-refractivity contribution in [2.45, 2.75) is 162 Å². The van der Waals surface area contributed by atoms with Crippen LogP contribution in [0.15, 0.2) is 0 Å². The Kier molecular flexibility index (Phi) is 9.33. The third-order valence-electron chi connectivity index (χ3n) is 13.5. The van der Waals surface area contributed by atoms with Crippen LogP contribution in [0.4, 0.5) is 0 Å². The summed E-state index contributed by atoms with van der Waals surface area (Å²) in [5.74, 6) is 4.50. The molecule has 8 fully saturated rings. The second kappa shape index (κ2) is 11.5. The van der Waals surface area contributed by atoms with Crippen LogP contribution in [0.3, 0.4) is 0 Å². The largest absolute Gasteiger partial charge is 0.476 e. The van der Waals surface area contributed by atoms with Gasteiger partial charge in [0.05, 0.1) is 28.7 Å². The van der Waals surface area contributed by atoms with Crippen LogP contribution in [0.5, 0.6) is 0 Å². The molecule has 6 aliphatic carbocycles. The normalized spacial score (nSPS) is 41.7. The molecule has 9 heteroatoms. The second-order valence-corrected chi connectivity index (χ2v) is 24.4. The molecule has 0 amide bonds. The highest BCUT2D eigenvalue weighted by atomic mass is 35.5. The Labute approximate surface area is 272 Å². The van der Waals surface area contributed by atoms with E-state index in [1.54, 1.807) is 0 Å². The van der Waals surface area contributed by atoms with Crippen LogP contribution in [0.1, 0.15) is 108 Å². The number of alkyl halides is 1. The zero-order valence-electron chi connectivity index (χ0n) is 30.1. The van der Waals surface area contributed by atoms with Gasteiger partial charge >= 0.3 is 14.2 Å². The predicted molar refractivity (Wildman–Crippen MR) is 184 cm³/mol. The highest BCUT2D eigenvalue weighted by molar-refractivity contribution is 6.74. The molecule has 5 nitrogen and oxygen atoms in total. The summed E-state index contributed by atoms with van der Waals surface area (Å²) in [7, 11) is 0.625. The van der Waals surface area contributed by atoms with Crippen LogP contribution < -0.4 is 0 Å². The van der Waals surface area contributed by atoms with Gasteiger partial charge in [0.15, 0.2) is 0 Å². The molecule has 4 bridgehead atoms. The molecule has 0 aromatic heterocycles. The van der Waals surface area contributed by atoms with Gasteiger partial charge < -0.3 is 23.2 Å². The van der Waals surface area contributed by atoms with Gasteiger partial charge in [-0.05, 0) is 106 Å². The molecule has 0 spiro atoms. The lowest BCUT2D eigenvalue weighted by atomic mass is 9.43. The van der Waals surface area contributed by atoms with Gasteiger partial charge in [0.2, 0.25) is 0 Å². The lowest BCUT2D eigenvalue weighted by Gasteiger charge is -2.64. The van der Waals surface area contributed by atoms with Crippen molar-refractivity contribution in [3.05, 3.63) is 0 Å². The van der Waals surface area contributed by atoms with Crippen LogP contribution in [0.2, 0.25) is 19.6 Å². The first-order valence-electron chi connectivity index (χ1n) is 17.7. The van der Waals surface area contributed by atoms with Gasteiger partial charge in [-0.2, -0.15) is 0 Å². The topological polar surface area (TPSA) is 40.2 Å². The number of nitrogens with zero attached hydrogens (tertiary/aromatic N) is 1. The van der Waals surface area contributed by atoms with Crippen molar-refractivity contribution in [3.63, 3.8) is 0 Å². The molecule has 6 saturated carbocycles. The average molecular weight is 636 g/mol. The van der Waals surface area contributed by atoms with E-state index in [1.807, 2.05) is 0 Å². The zero-order chi connectivity index (χ0) is 32.1. The highest BCUT2D eigenvalue weighted by Gasteiger charge is 2.70. The van der Waals surface area contributed by atoms with Crippen molar-refractivity contribution < 1.29 is 18.6 Å². The number of rotatable bonds is 8. The monoisotopic (exact) mass is 635 g/mol. The minimum Gasteiger partial charge on any atom is -0.404 e. The van der Waals surface area contributed by atoms with Crippen molar-refractivity contribution >= 4 is 34.1 Å². The maximum Gasteiger partial charge on any atom is 0.476 e. The van der Waals surface area contributed by atoms with Crippen LogP contribution in [-0.2, 0) is 18.6 Å². The van der Waals surface area contributed by atoms with Crippen molar-refractivity contribution in [3.8, 4) is 0 Å². The summed E-state index contributed by atoms with van der Waals surface area (Å²) in [6.07, 6.45) is 7.59. The fourth-order valence-electron chi connectivity index (χ4n) is 10.1. The van der Waals surface area contributed by atoms with Crippen LogP contribution in [0.25, 0.3) is 0 Å². The molecule has 0 N–H and O–H groups in total. The highest BCUT2D eigenvalue weighted by Crippen LogP contribution is 2.67. The van der Waals surface area contributed by atoms with Gasteiger partial charge in [0.25, 0.3) is 0 Å². The Hall–Kier alpha value is 0.437. The summed E-state index contributed by atoms with van der Waals surface area (Å²) in [6.45, 7) is 30.5. The first-order chi connectivity index (χ1) is 19.6. The Morgan fingerprint density at radius 3 is 1.53 bits per heavy atom. The fraction of sp³-hybridized carbons (Fsp3) is 1.00. The molecule has 2 heterocycles. The summed E-state index contributed by atoms with van der Waals surface area (Å²) in [5.41, 5.74) is 0.622. The zero-order valence-corrected chi connectivity index (χ0v) is 31.9. The Balaban J connectivity index is 0.000000176. The summed E-state index contributed by atoms with van der Waals surface area (Å²) in [6, 6.07) is 0. The van der Waals surface area contributed by atoms with E-state index in [2.05, 4.69) is 100 Å². The molecule has 246 valence electrons. The van der Waals surface area contributed by atoms with Gasteiger partial charge in [-0.25, -0.2) is 0 Å². The molecular formula is C34H64B2ClNO4Si. The molecule has 0 aromatic rings. The van der Waals surface area contributed by atoms with Crippen LogP contribution in [-0.4, -0.2) is 68.7 Å². The van der Waals surface area contributed by atoms with Gasteiger partial charge in [-0.15, -0.1) is 11.6 Å². The SMILES string of the molecule is CC(C)C[C@@H](B1O[C@@H]2C[C@@H]3C[C@@H](C3(C)C)[C@]2(C)O1)N(C)[Si](C)(C)C.CC(C)C[C@@H](Cl)B1O[C@@H]2C[C@@H]3C[C@@H](C3(C)C)[C@]2(C)O1. The smallest absolute Gasteiger partial charge is 0.404 e. The first-order valence-corrected chi connectivity index (χ1v) is 21.5. The first kappa shape index (κ1) is 34.8. The van der Waals surface area contributed by atoms with Crippen molar-refractivity contribution in [2.75, 3.05) is 7.05 Å². The van der Waals surface area contributed by atoms with Gasteiger partial charge in [0.1, 0.15) is 8.24 Å². The molecular weight excluding hydrogens is 572 g/mol. The summed E-state index contributed by atoms with van der Waals surface area (Å²) < 4.78 is 28.5. The number of hydrogen-bond acceptors (Lipinski definition) is 5. The lowest BCUT2D eigenvalue weighted by Crippen LogP contribution is -2.65. The standard InChI is InChI=1S/C19H38BNO2Si.C15H26BClO2/c1-13(2)10-17(21(6)24(7,8)9)20-22-16-12-14-11-15(18(14,3)4)19(16,5)23-20;1-9(2)6-13(17)16-18-12-8-10-7-11(14(10,3)4)15(12,5)19-16/h13-17H,10-12H2,1-9H3;9-13H,6-8H2,1-5H3/t14-,15-,16+,17-,19-;10-,11-,12+,13+,15-/m00/s1. The molecule has 0 unspecified atom stereocenters. The van der Waals surface area contributed by atoms with E-state index in [0.717, 1.165) is 31.1 Å². The van der Waals surface area contributed by atoms with Crippen molar-refractivity contribution in [1.82, 2.24) is 4.57 Å². The van der Waals surface area contributed by atoms with E-state index in [-0.39, 0.29) is 36.8 Å². The Morgan fingerprint density at radius 1 is 0.721 bits per heavy atom. The molecule has 0 aromatic carbocycles. The number of halogens is 1. The fourth-order valence-corrected chi connectivity index (χ4v) is 11.8. The Morgan fingerprint density at radius 2 is 1.14 bits per heavy atom. The van der Waals surface area contributed by atoms with Gasteiger partial charge in [-0.3, -0.25) is 0 Å². The molecule has 0 radical (unpaired) electrons. The third kappa shape index (κ3) is 5.90. The van der Waals surface area contributed by atoms with E-state index in [4.69, 9.17) is 30.2 Å². The predicted octanol–water partition coefficient (Wildman–Crippen LogP) is 8.34. The van der Waals surface area contributed by atoms with E-state index >= 15 is 0 Å². The van der Waals surface area contributed by atoms with E-state index in [0.29, 0.717) is 46.5 Å². The van der Waals surface area contributed by atoms with Crippen molar-refractivity contribution in [2.24, 2.45) is 46.3 Å². The van der Waals surface area contributed by atoms with Crippen molar-refractivity contribution in [1.29, 1.82) is 0 Å². The molecule has 10 atom stereocenters. The van der Waals surface area contributed by atoms with Crippen LogP contribution in [0, 0.1) is 46.3 Å². The molecule has 2 aliphatic heterocycles. The molecule has 2 saturated heterocycles. The van der Waals surface area contributed by atoms with Crippen LogP contribution >= 0.6 is 11.6 Å². The third-order valence-corrected chi connectivity index (χ3v) is 16.3. The maximum absolute atomic E-state index is 6.78. The minimum absolute atomic E-state index is 0.0252. The minimum atomic E-state index is -1.39. The molecule has 43 heavy (non-hydrogen) atoms. The number of hydrogen-bond donors (Lipinski definition) is 0. The summed E-state index contributed by atoms with van der Waals surface area (Å²) >= 11 is 6.49. The second-order valence-electron chi connectivity index (χ2n) is 18.8. The summed E-state index contributed by atoms with van der Waals surface area (Å²) in [5, 5.41) is -0.0252. The lowest BCUT2D eigenvalue weighted by molar-refractivity contribution is -0.199. The average Bonchev–Trinajstić information content (AvgIpc) is 3.42. The molecule has 8 rings (SSSR count). The van der Waals surface area contributed by atoms with E-state index in [9.17, 15) is 0 Å². The van der Waals surface area contributed by atoms with E-state index < -0.39 is 8.24 Å². The van der Waals surface area contributed by atoms with Gasteiger partial charge in [0, 0.05) is 5.94 Å².